The quantitative estimate of drug-likeness (QED) is 0.789. The minimum atomic E-state index is -0.376. The van der Waals surface area contributed by atoms with Gasteiger partial charge >= 0.3 is 0 Å². The van der Waals surface area contributed by atoms with Crippen LogP contribution in [0.25, 0.3) is 0 Å². The molecule has 0 aliphatic carbocycles. The molecule has 0 aromatic heterocycles. The molecule has 0 bridgehead atoms. The van der Waals surface area contributed by atoms with Gasteiger partial charge in [-0.1, -0.05) is 13.8 Å². The van der Waals surface area contributed by atoms with Gasteiger partial charge in [0.2, 0.25) is 0 Å². The number of piperidine rings is 1. The van der Waals surface area contributed by atoms with Gasteiger partial charge in [0.05, 0.1) is 6.07 Å². The Labute approximate surface area is 113 Å². The summed E-state index contributed by atoms with van der Waals surface area (Å²) in [6.45, 7) is 12.1. The third-order valence-electron chi connectivity index (χ3n) is 4.16. The molecular formula is C15H29N3. The third-order valence-corrected chi connectivity index (χ3v) is 4.16. The van der Waals surface area contributed by atoms with Gasteiger partial charge in [-0.15, -0.1) is 0 Å². The van der Waals surface area contributed by atoms with Crippen LogP contribution in [0.5, 0.6) is 0 Å². The Balaban J connectivity index is 2.46. The van der Waals surface area contributed by atoms with Gasteiger partial charge in [0.25, 0.3) is 0 Å². The summed E-state index contributed by atoms with van der Waals surface area (Å²) in [5.41, 5.74) is -0.376. The van der Waals surface area contributed by atoms with Gasteiger partial charge in [-0.05, 0) is 65.1 Å². The van der Waals surface area contributed by atoms with Crippen LogP contribution in [0.2, 0.25) is 0 Å². The summed E-state index contributed by atoms with van der Waals surface area (Å²) in [5, 5.41) is 12.8. The third kappa shape index (κ3) is 4.59. The summed E-state index contributed by atoms with van der Waals surface area (Å²) < 4.78 is 0. The minimum Gasteiger partial charge on any atom is -0.301 e. The molecule has 0 radical (unpaired) electrons. The molecule has 18 heavy (non-hydrogen) atoms. The van der Waals surface area contributed by atoms with Crippen LogP contribution in [0, 0.1) is 17.2 Å². The Kier molecular flexibility index (Phi) is 6.11. The van der Waals surface area contributed by atoms with Crippen LogP contribution < -0.4 is 5.32 Å². The van der Waals surface area contributed by atoms with Crippen LogP contribution >= 0.6 is 0 Å². The van der Waals surface area contributed by atoms with Gasteiger partial charge in [0.1, 0.15) is 5.54 Å². The smallest absolute Gasteiger partial charge is 0.105 e. The maximum atomic E-state index is 9.37. The van der Waals surface area contributed by atoms with Crippen molar-refractivity contribution < 1.29 is 0 Å². The van der Waals surface area contributed by atoms with Gasteiger partial charge in [-0.25, -0.2) is 0 Å². The van der Waals surface area contributed by atoms with Crippen molar-refractivity contribution in [3.05, 3.63) is 0 Å². The Morgan fingerprint density at radius 1 is 1.44 bits per heavy atom. The van der Waals surface area contributed by atoms with E-state index in [0.717, 1.165) is 25.3 Å². The molecule has 0 spiro atoms. The number of hydrogen-bond acceptors (Lipinski definition) is 3. The summed E-state index contributed by atoms with van der Waals surface area (Å²) in [5.74, 6) is 0.869. The summed E-state index contributed by atoms with van der Waals surface area (Å²) in [6.07, 6.45) is 4.59. The molecule has 0 aromatic carbocycles. The van der Waals surface area contributed by atoms with Gasteiger partial charge in [-0.2, -0.15) is 5.26 Å². The molecule has 1 aliphatic rings. The minimum absolute atomic E-state index is 0.376. The van der Waals surface area contributed by atoms with Crippen LogP contribution in [-0.4, -0.2) is 36.1 Å². The largest absolute Gasteiger partial charge is 0.301 e. The first-order valence-corrected chi connectivity index (χ1v) is 7.41. The number of likely N-dealkylation sites (tertiary alicyclic amines) is 1. The van der Waals surface area contributed by atoms with Crippen molar-refractivity contribution in [1.82, 2.24) is 10.2 Å². The molecule has 1 fully saturated rings. The van der Waals surface area contributed by atoms with Crippen molar-refractivity contribution in [1.29, 1.82) is 5.26 Å². The molecular weight excluding hydrogens is 222 g/mol. The lowest BCUT2D eigenvalue weighted by molar-refractivity contribution is 0.127. The first-order valence-electron chi connectivity index (χ1n) is 7.41. The molecule has 1 aliphatic heterocycles. The highest BCUT2D eigenvalue weighted by Gasteiger charge is 2.29. The van der Waals surface area contributed by atoms with Crippen LogP contribution in [-0.2, 0) is 0 Å². The monoisotopic (exact) mass is 251 g/mol. The topological polar surface area (TPSA) is 39.1 Å². The zero-order chi connectivity index (χ0) is 13.6. The van der Waals surface area contributed by atoms with E-state index >= 15 is 0 Å². The van der Waals surface area contributed by atoms with E-state index in [1.165, 1.54) is 25.9 Å². The second-order valence-electron chi connectivity index (χ2n) is 6.14. The highest BCUT2D eigenvalue weighted by molar-refractivity contribution is 5.05. The molecule has 1 N–H and O–H groups in total. The van der Waals surface area contributed by atoms with Crippen molar-refractivity contribution in [2.45, 2.75) is 65.0 Å². The summed E-state index contributed by atoms with van der Waals surface area (Å²) in [6, 6.07) is 2.95. The summed E-state index contributed by atoms with van der Waals surface area (Å²) in [7, 11) is 0. The Morgan fingerprint density at radius 2 is 2.06 bits per heavy atom. The van der Waals surface area contributed by atoms with Crippen molar-refractivity contribution in [2.24, 2.45) is 5.92 Å². The van der Waals surface area contributed by atoms with Gasteiger partial charge in [0.15, 0.2) is 0 Å². The lowest BCUT2D eigenvalue weighted by atomic mass is 9.91. The molecule has 1 heterocycles. The number of nitrogens with one attached hydrogen (secondary N) is 1. The van der Waals surface area contributed by atoms with Gasteiger partial charge < -0.3 is 4.90 Å². The molecule has 0 amide bonds. The van der Waals surface area contributed by atoms with E-state index in [-0.39, 0.29) is 5.54 Å². The fourth-order valence-electron chi connectivity index (χ4n) is 2.75. The SMILES string of the molecule is CCCNC(C)(C#N)CC(C)N1CCC(C)CC1. The normalized spacial score (nSPS) is 23.3. The average Bonchev–Trinajstić information content (AvgIpc) is 2.37. The molecule has 104 valence electrons. The molecule has 2 atom stereocenters. The van der Waals surface area contributed by atoms with Gasteiger partial charge in [-0.3, -0.25) is 5.32 Å². The predicted octanol–water partition coefficient (Wildman–Crippen LogP) is 2.78. The molecule has 0 saturated carbocycles. The Morgan fingerprint density at radius 3 is 2.56 bits per heavy atom. The zero-order valence-corrected chi connectivity index (χ0v) is 12.5. The van der Waals surface area contributed by atoms with E-state index in [1.807, 2.05) is 6.92 Å². The maximum Gasteiger partial charge on any atom is 0.105 e. The molecule has 2 unspecified atom stereocenters. The van der Waals surface area contributed by atoms with Crippen LogP contribution in [0.4, 0.5) is 0 Å². The average molecular weight is 251 g/mol. The van der Waals surface area contributed by atoms with E-state index in [1.54, 1.807) is 0 Å². The Bertz CT molecular complexity index is 276. The zero-order valence-electron chi connectivity index (χ0n) is 12.5. The number of rotatable bonds is 6. The van der Waals surface area contributed by atoms with E-state index in [9.17, 15) is 5.26 Å². The first kappa shape index (κ1) is 15.5. The lowest BCUT2D eigenvalue weighted by Crippen LogP contribution is -2.49. The van der Waals surface area contributed by atoms with E-state index in [4.69, 9.17) is 0 Å². The second-order valence-corrected chi connectivity index (χ2v) is 6.14. The summed E-state index contributed by atoms with van der Waals surface area (Å²) in [4.78, 5) is 2.54. The second kappa shape index (κ2) is 7.11. The maximum absolute atomic E-state index is 9.37. The highest BCUT2D eigenvalue weighted by atomic mass is 15.2. The van der Waals surface area contributed by atoms with Crippen molar-refractivity contribution >= 4 is 0 Å². The van der Waals surface area contributed by atoms with E-state index in [2.05, 4.69) is 37.1 Å². The van der Waals surface area contributed by atoms with Gasteiger partial charge in [0, 0.05) is 6.04 Å². The molecule has 0 aromatic rings. The summed E-state index contributed by atoms with van der Waals surface area (Å²) >= 11 is 0. The number of hydrogen-bond donors (Lipinski definition) is 1. The fourth-order valence-corrected chi connectivity index (χ4v) is 2.75. The molecule has 3 heteroatoms. The predicted molar refractivity (Wildman–Crippen MR) is 76.4 cm³/mol. The van der Waals surface area contributed by atoms with Crippen molar-refractivity contribution in [3.8, 4) is 6.07 Å². The molecule has 1 saturated heterocycles. The Hall–Kier alpha value is -0.590. The first-order chi connectivity index (χ1) is 8.50. The number of nitriles is 1. The standard InChI is InChI=1S/C15H29N3/c1-5-8-17-15(4,12-16)11-14(3)18-9-6-13(2)7-10-18/h13-14,17H,5-11H2,1-4H3. The van der Waals surface area contributed by atoms with Crippen LogP contribution in [0.15, 0.2) is 0 Å². The van der Waals surface area contributed by atoms with Crippen LogP contribution in [0.3, 0.4) is 0 Å². The fraction of sp³-hybridized carbons (Fsp3) is 0.933. The molecule has 1 rings (SSSR count). The highest BCUT2D eigenvalue weighted by Crippen LogP contribution is 2.22. The van der Waals surface area contributed by atoms with Crippen molar-refractivity contribution in [2.75, 3.05) is 19.6 Å². The molecule has 3 nitrogen and oxygen atoms in total. The van der Waals surface area contributed by atoms with Crippen LogP contribution in [0.1, 0.15) is 53.4 Å². The lowest BCUT2D eigenvalue weighted by Gasteiger charge is -2.38. The van der Waals surface area contributed by atoms with E-state index < -0.39 is 0 Å². The number of nitrogens with zero attached hydrogens (tertiary/aromatic N) is 2. The van der Waals surface area contributed by atoms with Crippen molar-refractivity contribution in [3.63, 3.8) is 0 Å². The van der Waals surface area contributed by atoms with E-state index in [0.29, 0.717) is 6.04 Å².